The zero-order valence-corrected chi connectivity index (χ0v) is 12.4. The Morgan fingerprint density at radius 3 is 2.26 bits per heavy atom. The zero-order valence-electron chi connectivity index (χ0n) is 9.30. The van der Waals surface area contributed by atoms with E-state index in [1.54, 1.807) is 0 Å². The van der Waals surface area contributed by atoms with Crippen molar-refractivity contribution in [3.8, 4) is 0 Å². The van der Waals surface area contributed by atoms with E-state index in [9.17, 15) is 9.59 Å². The van der Waals surface area contributed by atoms with Gasteiger partial charge in [-0.05, 0) is 12.1 Å². The Morgan fingerprint density at radius 1 is 1.11 bits per heavy atom. The van der Waals surface area contributed by atoms with Crippen LogP contribution >= 0.6 is 47.0 Å². The second-order valence-corrected chi connectivity index (χ2v) is 5.10. The Labute approximate surface area is 129 Å². The molecule has 0 radical (unpaired) electrons. The van der Waals surface area contributed by atoms with E-state index in [0.29, 0.717) is 0 Å². The second kappa shape index (κ2) is 6.91. The molecule has 0 unspecified atom stereocenters. The van der Waals surface area contributed by atoms with Crippen LogP contribution in [0.15, 0.2) is 12.1 Å². The summed E-state index contributed by atoms with van der Waals surface area (Å²) in [5.41, 5.74) is 5.36. The number of thiocarbonyl (C=S) groups is 1. The smallest absolute Gasteiger partial charge is 0.313 e. The summed E-state index contributed by atoms with van der Waals surface area (Å²) in [7, 11) is 0. The molecule has 5 nitrogen and oxygen atoms in total. The quantitative estimate of drug-likeness (QED) is 0.446. The van der Waals surface area contributed by atoms with Crippen molar-refractivity contribution in [2.24, 2.45) is 5.73 Å². The van der Waals surface area contributed by atoms with Crippen molar-refractivity contribution >= 4 is 69.5 Å². The Morgan fingerprint density at radius 2 is 1.68 bits per heavy atom. The first-order chi connectivity index (χ1) is 8.81. The van der Waals surface area contributed by atoms with Crippen molar-refractivity contribution < 1.29 is 9.59 Å². The molecule has 0 bridgehead atoms. The molecular formula is C10H8Cl3N3O2S. The number of nitrogens with two attached hydrogens (primary N) is 1. The predicted molar refractivity (Wildman–Crippen MR) is 79.9 cm³/mol. The van der Waals surface area contributed by atoms with Gasteiger partial charge in [-0.25, -0.2) is 0 Å². The number of nitrogens with one attached hydrogen (secondary N) is 2. The minimum atomic E-state index is -0.920. The third-order valence-corrected chi connectivity index (χ3v) is 3.07. The van der Waals surface area contributed by atoms with E-state index in [1.165, 1.54) is 12.1 Å². The maximum Gasteiger partial charge on any atom is 0.313 e. The Balaban J connectivity index is 2.74. The number of hydrogen-bond acceptors (Lipinski definition) is 3. The third kappa shape index (κ3) is 4.83. The molecule has 1 rings (SSSR count). The molecule has 2 amide bonds. The number of halogens is 3. The standard InChI is InChI=1S/C10H8Cl3N3O2S/c11-4-1-6(13)7(2-5(4)12)16-10(18)9(17)15-3-8(14)19/h1-2H,3H2,(H2,14,19)(H,15,17)(H,16,18). The van der Waals surface area contributed by atoms with Gasteiger partial charge in [-0.3, -0.25) is 9.59 Å². The molecule has 0 saturated heterocycles. The highest BCUT2D eigenvalue weighted by Crippen LogP contribution is 2.32. The van der Waals surface area contributed by atoms with Gasteiger partial charge in [0.05, 0.1) is 32.3 Å². The summed E-state index contributed by atoms with van der Waals surface area (Å²) in [6.45, 7) is -0.0727. The van der Waals surface area contributed by atoms with Gasteiger partial charge in [0.1, 0.15) is 0 Å². The lowest BCUT2D eigenvalue weighted by Crippen LogP contribution is -2.39. The Bertz CT molecular complexity index is 551. The summed E-state index contributed by atoms with van der Waals surface area (Å²) in [5.74, 6) is -1.81. The Hall–Kier alpha value is -1.08. The van der Waals surface area contributed by atoms with Gasteiger partial charge in [-0.15, -0.1) is 0 Å². The molecule has 1 aromatic carbocycles. The lowest BCUT2D eigenvalue weighted by molar-refractivity contribution is -0.135. The summed E-state index contributed by atoms with van der Waals surface area (Å²) < 4.78 is 0. The third-order valence-electron chi connectivity index (χ3n) is 1.89. The molecule has 9 heteroatoms. The van der Waals surface area contributed by atoms with Gasteiger partial charge in [-0.1, -0.05) is 47.0 Å². The summed E-state index contributed by atoms with van der Waals surface area (Å²) in [5, 5.41) is 5.11. The Kier molecular flexibility index (Phi) is 5.81. The number of rotatable bonds is 3. The SMILES string of the molecule is NC(=S)CNC(=O)C(=O)Nc1cc(Cl)c(Cl)cc1Cl. The molecule has 0 aliphatic rings. The summed E-state index contributed by atoms with van der Waals surface area (Å²) >= 11 is 21.9. The number of benzene rings is 1. The van der Waals surface area contributed by atoms with Gasteiger partial charge in [0.25, 0.3) is 0 Å². The maximum atomic E-state index is 11.5. The van der Waals surface area contributed by atoms with E-state index in [1.807, 2.05) is 0 Å². The van der Waals surface area contributed by atoms with Crippen LogP contribution in [0.25, 0.3) is 0 Å². The normalized spacial score (nSPS) is 9.84. The van der Waals surface area contributed by atoms with Gasteiger partial charge in [0.15, 0.2) is 0 Å². The highest BCUT2D eigenvalue weighted by molar-refractivity contribution is 7.80. The van der Waals surface area contributed by atoms with Crippen LogP contribution in [0.3, 0.4) is 0 Å². The van der Waals surface area contributed by atoms with E-state index in [2.05, 4.69) is 22.9 Å². The van der Waals surface area contributed by atoms with Crippen LogP contribution in [0.2, 0.25) is 15.1 Å². The van der Waals surface area contributed by atoms with Gasteiger partial charge >= 0.3 is 11.8 Å². The number of carbonyl (C=O) groups excluding carboxylic acids is 2. The van der Waals surface area contributed by atoms with Crippen LogP contribution in [-0.4, -0.2) is 23.3 Å². The van der Waals surface area contributed by atoms with Gasteiger partial charge in [0, 0.05) is 0 Å². The first-order valence-electron chi connectivity index (χ1n) is 4.83. The van der Waals surface area contributed by atoms with Crippen LogP contribution in [0.5, 0.6) is 0 Å². The van der Waals surface area contributed by atoms with Crippen molar-refractivity contribution in [2.45, 2.75) is 0 Å². The van der Waals surface area contributed by atoms with Gasteiger partial charge < -0.3 is 16.4 Å². The molecule has 4 N–H and O–H groups in total. The molecule has 0 aliphatic carbocycles. The molecule has 0 atom stereocenters. The number of carbonyl (C=O) groups is 2. The largest absolute Gasteiger partial charge is 0.392 e. The number of amides is 2. The van der Waals surface area contributed by atoms with E-state index in [4.69, 9.17) is 40.5 Å². The fourth-order valence-corrected chi connectivity index (χ4v) is 1.71. The lowest BCUT2D eigenvalue weighted by Gasteiger charge is -2.08. The molecular weight excluding hydrogens is 333 g/mol. The molecule has 0 heterocycles. The van der Waals surface area contributed by atoms with Crippen LogP contribution in [-0.2, 0) is 9.59 Å². The van der Waals surface area contributed by atoms with E-state index in [0.717, 1.165) is 0 Å². The maximum absolute atomic E-state index is 11.5. The molecule has 1 aromatic rings. The first-order valence-corrected chi connectivity index (χ1v) is 6.37. The first kappa shape index (κ1) is 16.0. The van der Waals surface area contributed by atoms with Gasteiger partial charge in [-0.2, -0.15) is 0 Å². The van der Waals surface area contributed by atoms with E-state index in [-0.39, 0.29) is 32.3 Å². The summed E-state index contributed by atoms with van der Waals surface area (Å²) in [6, 6.07) is 2.69. The van der Waals surface area contributed by atoms with E-state index >= 15 is 0 Å². The highest BCUT2D eigenvalue weighted by Gasteiger charge is 2.16. The predicted octanol–water partition coefficient (Wildman–Crippen LogP) is 1.99. The van der Waals surface area contributed by atoms with Crippen LogP contribution in [0.1, 0.15) is 0 Å². The minimum Gasteiger partial charge on any atom is -0.392 e. The van der Waals surface area contributed by atoms with Crippen LogP contribution < -0.4 is 16.4 Å². The van der Waals surface area contributed by atoms with Crippen LogP contribution in [0.4, 0.5) is 5.69 Å². The monoisotopic (exact) mass is 339 g/mol. The van der Waals surface area contributed by atoms with E-state index < -0.39 is 11.8 Å². The van der Waals surface area contributed by atoms with Crippen LogP contribution in [0, 0.1) is 0 Å². The topological polar surface area (TPSA) is 84.2 Å². The fourth-order valence-electron chi connectivity index (χ4n) is 1.05. The minimum absolute atomic E-state index is 0.0636. The molecule has 0 saturated carbocycles. The summed E-state index contributed by atoms with van der Waals surface area (Å²) in [4.78, 5) is 23.0. The van der Waals surface area contributed by atoms with Crippen molar-refractivity contribution in [3.63, 3.8) is 0 Å². The zero-order chi connectivity index (χ0) is 14.6. The summed E-state index contributed by atoms with van der Waals surface area (Å²) in [6.07, 6.45) is 0. The lowest BCUT2D eigenvalue weighted by atomic mass is 10.3. The van der Waals surface area contributed by atoms with Crippen molar-refractivity contribution in [2.75, 3.05) is 11.9 Å². The second-order valence-electron chi connectivity index (χ2n) is 3.35. The van der Waals surface area contributed by atoms with Crippen molar-refractivity contribution in [1.82, 2.24) is 5.32 Å². The molecule has 0 fully saturated rings. The average molecular weight is 341 g/mol. The van der Waals surface area contributed by atoms with Gasteiger partial charge in [0.2, 0.25) is 0 Å². The molecule has 0 aromatic heterocycles. The number of anilines is 1. The highest BCUT2D eigenvalue weighted by atomic mass is 35.5. The molecule has 0 aliphatic heterocycles. The van der Waals surface area contributed by atoms with Crippen molar-refractivity contribution in [3.05, 3.63) is 27.2 Å². The molecule has 0 spiro atoms. The fraction of sp³-hybridized carbons (Fsp3) is 0.100. The molecule has 19 heavy (non-hydrogen) atoms. The van der Waals surface area contributed by atoms with Crippen molar-refractivity contribution in [1.29, 1.82) is 0 Å². The number of hydrogen-bond donors (Lipinski definition) is 3. The average Bonchev–Trinajstić information content (AvgIpc) is 2.32. The molecule has 102 valence electrons.